The SMILES string of the molecule is Cc1cccc2c1C(N)=NC(c1ccccc1)C2.Cl. The van der Waals surface area contributed by atoms with Gasteiger partial charge in [-0.05, 0) is 30.0 Å². The van der Waals surface area contributed by atoms with Crippen LogP contribution < -0.4 is 5.73 Å². The molecule has 0 radical (unpaired) electrons. The summed E-state index contributed by atoms with van der Waals surface area (Å²) in [5, 5.41) is 0. The summed E-state index contributed by atoms with van der Waals surface area (Å²) in [5.41, 5.74) is 11.0. The first-order valence-corrected chi connectivity index (χ1v) is 6.23. The van der Waals surface area contributed by atoms with Crippen molar-refractivity contribution in [2.24, 2.45) is 10.7 Å². The summed E-state index contributed by atoms with van der Waals surface area (Å²) in [6.45, 7) is 2.09. The molecule has 0 fully saturated rings. The van der Waals surface area contributed by atoms with Crippen LogP contribution in [-0.2, 0) is 6.42 Å². The van der Waals surface area contributed by atoms with E-state index in [9.17, 15) is 0 Å². The van der Waals surface area contributed by atoms with E-state index in [0.717, 1.165) is 12.0 Å². The maximum atomic E-state index is 6.12. The van der Waals surface area contributed by atoms with Crippen molar-refractivity contribution in [1.82, 2.24) is 0 Å². The fourth-order valence-electron chi connectivity index (χ4n) is 2.62. The van der Waals surface area contributed by atoms with Gasteiger partial charge in [0.25, 0.3) is 0 Å². The Morgan fingerprint density at radius 1 is 1.05 bits per heavy atom. The predicted octanol–water partition coefficient (Wildman–Crippen LogP) is 3.42. The summed E-state index contributed by atoms with van der Waals surface area (Å²) in [6, 6.07) is 16.8. The molecule has 0 amide bonds. The van der Waals surface area contributed by atoms with Crippen molar-refractivity contribution in [1.29, 1.82) is 0 Å². The van der Waals surface area contributed by atoms with E-state index in [1.807, 2.05) is 18.2 Å². The normalized spacial score (nSPS) is 17.1. The highest BCUT2D eigenvalue weighted by Gasteiger charge is 2.21. The highest BCUT2D eigenvalue weighted by Crippen LogP contribution is 2.29. The average molecular weight is 273 g/mol. The fourth-order valence-corrected chi connectivity index (χ4v) is 2.62. The molecule has 0 aliphatic carbocycles. The lowest BCUT2D eigenvalue weighted by atomic mass is 9.90. The summed E-state index contributed by atoms with van der Waals surface area (Å²) in [4.78, 5) is 4.65. The topological polar surface area (TPSA) is 38.4 Å². The van der Waals surface area contributed by atoms with Gasteiger partial charge in [-0.1, -0.05) is 48.5 Å². The second-order valence-corrected chi connectivity index (χ2v) is 4.75. The lowest BCUT2D eigenvalue weighted by Crippen LogP contribution is -2.24. The Morgan fingerprint density at radius 3 is 2.53 bits per heavy atom. The molecule has 3 heteroatoms. The monoisotopic (exact) mass is 272 g/mol. The van der Waals surface area contributed by atoms with Gasteiger partial charge in [-0.25, -0.2) is 0 Å². The number of nitrogens with two attached hydrogens (primary N) is 1. The van der Waals surface area contributed by atoms with Crippen LogP contribution in [0.15, 0.2) is 53.5 Å². The predicted molar refractivity (Wildman–Crippen MR) is 82.0 cm³/mol. The van der Waals surface area contributed by atoms with Crippen LogP contribution in [0.25, 0.3) is 0 Å². The van der Waals surface area contributed by atoms with Crippen molar-refractivity contribution in [2.75, 3.05) is 0 Å². The number of rotatable bonds is 1. The molecule has 0 saturated heterocycles. The van der Waals surface area contributed by atoms with Crippen LogP contribution in [0.3, 0.4) is 0 Å². The lowest BCUT2D eigenvalue weighted by molar-refractivity contribution is 0.709. The van der Waals surface area contributed by atoms with E-state index in [4.69, 9.17) is 5.73 Å². The Labute approximate surface area is 119 Å². The van der Waals surface area contributed by atoms with Crippen LogP contribution in [0.2, 0.25) is 0 Å². The van der Waals surface area contributed by atoms with Crippen molar-refractivity contribution in [3.05, 3.63) is 70.8 Å². The van der Waals surface area contributed by atoms with E-state index < -0.39 is 0 Å². The summed E-state index contributed by atoms with van der Waals surface area (Å²) < 4.78 is 0. The van der Waals surface area contributed by atoms with Gasteiger partial charge in [0, 0.05) is 5.56 Å². The largest absolute Gasteiger partial charge is 0.383 e. The summed E-state index contributed by atoms with van der Waals surface area (Å²) in [5.74, 6) is 0.670. The summed E-state index contributed by atoms with van der Waals surface area (Å²) in [7, 11) is 0. The number of fused-ring (bicyclic) bond motifs is 1. The molecule has 1 aliphatic rings. The zero-order valence-electron chi connectivity index (χ0n) is 10.8. The molecule has 2 aromatic carbocycles. The molecule has 1 aliphatic heterocycles. The number of benzene rings is 2. The van der Waals surface area contributed by atoms with Crippen LogP contribution in [-0.4, -0.2) is 5.84 Å². The lowest BCUT2D eigenvalue weighted by Gasteiger charge is -2.23. The van der Waals surface area contributed by atoms with E-state index in [-0.39, 0.29) is 18.4 Å². The highest BCUT2D eigenvalue weighted by atomic mass is 35.5. The molecule has 1 unspecified atom stereocenters. The maximum Gasteiger partial charge on any atom is 0.126 e. The quantitative estimate of drug-likeness (QED) is 0.849. The van der Waals surface area contributed by atoms with Crippen LogP contribution >= 0.6 is 12.4 Å². The molecular weight excluding hydrogens is 256 g/mol. The van der Waals surface area contributed by atoms with Crippen molar-refractivity contribution < 1.29 is 0 Å². The first kappa shape index (κ1) is 13.6. The van der Waals surface area contributed by atoms with Crippen LogP contribution in [0.4, 0.5) is 0 Å². The highest BCUT2D eigenvalue weighted by molar-refractivity contribution is 6.01. The first-order valence-electron chi connectivity index (χ1n) is 6.23. The van der Waals surface area contributed by atoms with Crippen LogP contribution in [0, 0.1) is 6.92 Å². The smallest absolute Gasteiger partial charge is 0.126 e. The second-order valence-electron chi connectivity index (χ2n) is 4.75. The Balaban J connectivity index is 0.00000133. The molecule has 19 heavy (non-hydrogen) atoms. The Morgan fingerprint density at radius 2 is 1.79 bits per heavy atom. The summed E-state index contributed by atoms with van der Waals surface area (Å²) in [6.07, 6.45) is 0.932. The van der Waals surface area contributed by atoms with E-state index in [1.54, 1.807) is 0 Å². The molecule has 98 valence electrons. The fraction of sp³-hybridized carbons (Fsp3) is 0.188. The molecule has 1 atom stereocenters. The maximum absolute atomic E-state index is 6.12. The summed E-state index contributed by atoms with van der Waals surface area (Å²) >= 11 is 0. The van der Waals surface area contributed by atoms with Crippen molar-refractivity contribution in [2.45, 2.75) is 19.4 Å². The molecular formula is C16H17ClN2. The van der Waals surface area contributed by atoms with Gasteiger partial charge in [-0.3, -0.25) is 4.99 Å². The van der Waals surface area contributed by atoms with Gasteiger partial charge in [0.05, 0.1) is 6.04 Å². The Kier molecular flexibility index (Phi) is 3.91. The van der Waals surface area contributed by atoms with Gasteiger partial charge in [0.2, 0.25) is 0 Å². The van der Waals surface area contributed by atoms with Crippen LogP contribution in [0.1, 0.15) is 28.3 Å². The first-order chi connectivity index (χ1) is 8.75. The van der Waals surface area contributed by atoms with Crippen molar-refractivity contribution in [3.63, 3.8) is 0 Å². The third-order valence-corrected chi connectivity index (χ3v) is 3.51. The molecule has 2 nitrogen and oxygen atoms in total. The molecule has 0 aromatic heterocycles. The third-order valence-electron chi connectivity index (χ3n) is 3.51. The standard InChI is InChI=1S/C16H16N2.ClH/c1-11-6-5-9-13-10-14(18-16(17)15(11)13)12-7-3-2-4-8-12;/h2-9,14H,10H2,1H3,(H2,17,18);1H. The number of amidine groups is 1. The van der Waals surface area contributed by atoms with Gasteiger partial charge in [0.15, 0.2) is 0 Å². The van der Waals surface area contributed by atoms with E-state index >= 15 is 0 Å². The number of halogens is 1. The minimum Gasteiger partial charge on any atom is -0.383 e. The van der Waals surface area contributed by atoms with E-state index in [2.05, 4.69) is 42.2 Å². The van der Waals surface area contributed by atoms with Gasteiger partial charge >= 0.3 is 0 Å². The van der Waals surface area contributed by atoms with Gasteiger partial charge in [-0.2, -0.15) is 0 Å². The average Bonchev–Trinajstić information content (AvgIpc) is 2.39. The van der Waals surface area contributed by atoms with Crippen molar-refractivity contribution in [3.8, 4) is 0 Å². The zero-order chi connectivity index (χ0) is 12.5. The number of hydrogen-bond acceptors (Lipinski definition) is 2. The van der Waals surface area contributed by atoms with E-state index in [0.29, 0.717) is 5.84 Å². The molecule has 2 aromatic rings. The molecule has 0 spiro atoms. The molecule has 1 heterocycles. The molecule has 3 rings (SSSR count). The van der Waals surface area contributed by atoms with Gasteiger partial charge < -0.3 is 5.73 Å². The number of nitrogens with zero attached hydrogens (tertiary/aromatic N) is 1. The zero-order valence-corrected chi connectivity index (χ0v) is 11.7. The van der Waals surface area contributed by atoms with E-state index in [1.165, 1.54) is 16.7 Å². The minimum atomic E-state index is 0. The molecule has 0 saturated carbocycles. The third kappa shape index (κ3) is 2.49. The number of hydrogen-bond donors (Lipinski definition) is 1. The molecule has 2 N–H and O–H groups in total. The minimum absolute atomic E-state index is 0. The number of aryl methyl sites for hydroxylation is 1. The van der Waals surface area contributed by atoms with Crippen LogP contribution in [0.5, 0.6) is 0 Å². The number of aliphatic imine (C=N–C) groups is 1. The second kappa shape index (κ2) is 5.45. The molecule has 0 bridgehead atoms. The Hall–Kier alpha value is -1.80. The van der Waals surface area contributed by atoms with Gasteiger partial charge in [-0.15, -0.1) is 12.4 Å². The van der Waals surface area contributed by atoms with Gasteiger partial charge in [0.1, 0.15) is 5.84 Å². The Bertz CT molecular complexity index is 605. The van der Waals surface area contributed by atoms with Crippen molar-refractivity contribution >= 4 is 18.2 Å².